The largest absolute Gasteiger partial charge is 0.507 e. The van der Waals surface area contributed by atoms with E-state index in [2.05, 4.69) is 4.90 Å². The number of ketones is 1. The maximum absolute atomic E-state index is 13.1. The van der Waals surface area contributed by atoms with Crippen molar-refractivity contribution in [3.8, 4) is 5.75 Å². The number of ether oxygens (including phenoxy) is 1. The molecule has 9 heteroatoms. The van der Waals surface area contributed by atoms with Crippen molar-refractivity contribution in [2.24, 2.45) is 0 Å². The monoisotopic (exact) mass is 453 g/mol. The van der Waals surface area contributed by atoms with Crippen LogP contribution in [-0.4, -0.2) is 64.8 Å². The number of hydrogen-bond acceptors (Lipinski definition) is 7. The first-order chi connectivity index (χ1) is 15.8. The number of likely N-dealkylation sites (tertiary alicyclic amines) is 1. The van der Waals surface area contributed by atoms with Gasteiger partial charge in [-0.05, 0) is 42.9 Å². The topological polar surface area (TPSA) is 113 Å². The number of amides is 1. The Morgan fingerprint density at radius 1 is 1.15 bits per heavy atom. The molecule has 0 spiro atoms. The van der Waals surface area contributed by atoms with E-state index in [-0.39, 0.29) is 23.6 Å². The van der Waals surface area contributed by atoms with E-state index < -0.39 is 22.7 Å². The van der Waals surface area contributed by atoms with Crippen LogP contribution in [0.1, 0.15) is 31.0 Å². The number of likely N-dealkylation sites (N-methyl/N-ethyl adjacent to an activating group) is 1. The predicted octanol–water partition coefficient (Wildman–Crippen LogP) is 3.37. The first-order valence-electron chi connectivity index (χ1n) is 10.7. The van der Waals surface area contributed by atoms with Gasteiger partial charge in [-0.3, -0.25) is 19.7 Å². The summed E-state index contributed by atoms with van der Waals surface area (Å²) >= 11 is 0. The Morgan fingerprint density at radius 3 is 2.39 bits per heavy atom. The summed E-state index contributed by atoms with van der Waals surface area (Å²) in [4.78, 5) is 40.2. The lowest BCUT2D eigenvalue weighted by Crippen LogP contribution is -2.38. The lowest BCUT2D eigenvalue weighted by molar-refractivity contribution is -0.384. The number of aliphatic hydroxyl groups excluding tert-OH is 1. The second kappa shape index (κ2) is 10.3. The van der Waals surface area contributed by atoms with Crippen molar-refractivity contribution in [3.63, 3.8) is 0 Å². The number of nitro groups is 1. The minimum absolute atomic E-state index is 0.0540. The molecule has 2 aromatic carbocycles. The van der Waals surface area contributed by atoms with Gasteiger partial charge in [0, 0.05) is 30.8 Å². The number of rotatable bonds is 9. The van der Waals surface area contributed by atoms with E-state index in [1.54, 1.807) is 24.3 Å². The maximum atomic E-state index is 13.1. The molecule has 1 N–H and O–H groups in total. The van der Waals surface area contributed by atoms with Gasteiger partial charge in [-0.15, -0.1) is 0 Å². The highest BCUT2D eigenvalue weighted by Gasteiger charge is 2.46. The Bertz CT molecular complexity index is 1080. The number of benzene rings is 2. The molecule has 0 aliphatic carbocycles. The van der Waals surface area contributed by atoms with Crippen LogP contribution in [0, 0.1) is 10.1 Å². The van der Waals surface area contributed by atoms with Crippen LogP contribution in [0.5, 0.6) is 5.75 Å². The number of aliphatic hydroxyl groups is 1. The molecular formula is C24H27N3O6. The highest BCUT2D eigenvalue weighted by Crippen LogP contribution is 2.40. The van der Waals surface area contributed by atoms with Gasteiger partial charge in [0.2, 0.25) is 0 Å². The molecule has 174 valence electrons. The summed E-state index contributed by atoms with van der Waals surface area (Å²) < 4.78 is 5.21. The van der Waals surface area contributed by atoms with Crippen molar-refractivity contribution in [3.05, 3.63) is 75.3 Å². The Hall–Kier alpha value is -3.72. The zero-order valence-electron chi connectivity index (χ0n) is 18.9. The van der Waals surface area contributed by atoms with Crippen LogP contribution in [0.15, 0.2) is 54.1 Å². The maximum Gasteiger partial charge on any atom is 0.295 e. The van der Waals surface area contributed by atoms with E-state index >= 15 is 0 Å². The molecular weight excluding hydrogens is 426 g/mol. The quantitative estimate of drug-likeness (QED) is 0.204. The minimum Gasteiger partial charge on any atom is -0.507 e. The number of nitrogens with zero attached hydrogens (tertiary/aromatic N) is 3. The molecule has 1 amide bonds. The summed E-state index contributed by atoms with van der Waals surface area (Å²) in [5.74, 6) is -1.34. The second-order valence-electron chi connectivity index (χ2n) is 7.60. The fourth-order valence-electron chi connectivity index (χ4n) is 3.95. The lowest BCUT2D eigenvalue weighted by Gasteiger charge is -2.28. The Balaban J connectivity index is 2.11. The van der Waals surface area contributed by atoms with Crippen LogP contribution in [0.2, 0.25) is 0 Å². The standard InChI is InChI=1S/C24H27N3O6/c1-4-25(5-2)13-14-26-21(16-9-11-18(12-10-16)27(31)32)20(23(29)24(26)30)22(28)17-7-6-8-19(15-17)33-3/h6-12,15,21,28H,4-5,13-14H2,1-3H3/b22-20+. The number of Topliss-reactive ketones (excluding diaryl/α,β-unsaturated/α-hetero) is 1. The molecule has 1 saturated heterocycles. The fourth-order valence-corrected chi connectivity index (χ4v) is 3.95. The van der Waals surface area contributed by atoms with Gasteiger partial charge in [-0.1, -0.05) is 26.0 Å². The van der Waals surface area contributed by atoms with Crippen LogP contribution in [0.3, 0.4) is 0 Å². The van der Waals surface area contributed by atoms with Gasteiger partial charge in [-0.25, -0.2) is 0 Å². The molecule has 1 aliphatic heterocycles. The number of carbonyl (C=O) groups is 2. The van der Waals surface area contributed by atoms with E-state index in [0.717, 1.165) is 13.1 Å². The summed E-state index contributed by atoms with van der Waals surface area (Å²) in [6.45, 7) is 6.40. The predicted molar refractivity (Wildman–Crippen MR) is 123 cm³/mol. The SMILES string of the molecule is CCN(CC)CCN1C(=O)C(=O)/C(=C(/O)c2cccc(OC)c2)C1c1ccc([N+](=O)[O-])cc1. The van der Waals surface area contributed by atoms with Crippen molar-refractivity contribution in [1.82, 2.24) is 9.80 Å². The Labute approximate surface area is 192 Å². The number of carbonyl (C=O) groups excluding carboxylic acids is 2. The van der Waals surface area contributed by atoms with Gasteiger partial charge < -0.3 is 19.6 Å². The molecule has 9 nitrogen and oxygen atoms in total. The highest BCUT2D eigenvalue weighted by atomic mass is 16.6. The van der Waals surface area contributed by atoms with Gasteiger partial charge >= 0.3 is 0 Å². The molecule has 1 heterocycles. The first-order valence-corrected chi connectivity index (χ1v) is 10.7. The average molecular weight is 453 g/mol. The van der Waals surface area contributed by atoms with Crippen molar-refractivity contribution >= 4 is 23.1 Å². The Kier molecular flexibility index (Phi) is 7.44. The lowest BCUT2D eigenvalue weighted by atomic mass is 9.95. The normalized spacial score (nSPS) is 17.6. The van der Waals surface area contributed by atoms with Crippen molar-refractivity contribution in [2.45, 2.75) is 19.9 Å². The minimum atomic E-state index is -0.868. The van der Waals surface area contributed by atoms with Gasteiger partial charge in [0.05, 0.1) is 23.6 Å². The Morgan fingerprint density at radius 2 is 1.82 bits per heavy atom. The smallest absolute Gasteiger partial charge is 0.295 e. The van der Waals surface area contributed by atoms with Gasteiger partial charge in [0.1, 0.15) is 11.5 Å². The van der Waals surface area contributed by atoms with Crippen LogP contribution in [-0.2, 0) is 9.59 Å². The molecule has 33 heavy (non-hydrogen) atoms. The van der Waals surface area contributed by atoms with Crippen LogP contribution >= 0.6 is 0 Å². The summed E-state index contributed by atoms with van der Waals surface area (Å²) in [7, 11) is 1.49. The number of hydrogen-bond donors (Lipinski definition) is 1. The molecule has 2 aromatic rings. The third kappa shape index (κ3) is 4.88. The highest BCUT2D eigenvalue weighted by molar-refractivity contribution is 6.46. The summed E-state index contributed by atoms with van der Waals surface area (Å²) in [6.07, 6.45) is 0. The molecule has 1 atom stereocenters. The fraction of sp³-hybridized carbons (Fsp3) is 0.333. The molecule has 3 rings (SSSR count). The van der Waals surface area contributed by atoms with E-state index in [1.807, 2.05) is 13.8 Å². The van der Waals surface area contributed by atoms with Crippen LogP contribution in [0.25, 0.3) is 5.76 Å². The molecule has 0 saturated carbocycles. The molecule has 0 bridgehead atoms. The number of non-ortho nitro benzene ring substituents is 1. The van der Waals surface area contributed by atoms with Gasteiger partial charge in [0.15, 0.2) is 0 Å². The van der Waals surface area contributed by atoms with Crippen molar-refractivity contribution in [2.75, 3.05) is 33.3 Å². The molecule has 0 aromatic heterocycles. The number of methoxy groups -OCH3 is 1. The van der Waals surface area contributed by atoms with E-state index in [4.69, 9.17) is 4.74 Å². The summed E-state index contributed by atoms with van der Waals surface area (Å²) in [5, 5.41) is 22.2. The van der Waals surface area contributed by atoms with Crippen LogP contribution in [0.4, 0.5) is 5.69 Å². The van der Waals surface area contributed by atoms with E-state index in [9.17, 15) is 24.8 Å². The molecule has 1 unspecified atom stereocenters. The molecule has 1 fully saturated rings. The zero-order chi connectivity index (χ0) is 24.1. The average Bonchev–Trinajstić information content (AvgIpc) is 3.09. The summed E-state index contributed by atoms with van der Waals surface area (Å²) in [6, 6.07) is 11.4. The number of nitro benzene ring substituents is 1. The van der Waals surface area contributed by atoms with Crippen molar-refractivity contribution in [1.29, 1.82) is 0 Å². The third-order valence-corrected chi connectivity index (χ3v) is 5.85. The third-order valence-electron chi connectivity index (χ3n) is 5.85. The van der Waals surface area contributed by atoms with E-state index in [0.29, 0.717) is 23.4 Å². The van der Waals surface area contributed by atoms with Gasteiger partial charge in [0.25, 0.3) is 17.4 Å². The second-order valence-corrected chi connectivity index (χ2v) is 7.60. The van der Waals surface area contributed by atoms with E-state index in [1.165, 1.54) is 36.3 Å². The first kappa shape index (κ1) is 23.9. The van der Waals surface area contributed by atoms with Gasteiger partial charge in [-0.2, -0.15) is 0 Å². The zero-order valence-corrected chi connectivity index (χ0v) is 18.9. The van der Waals surface area contributed by atoms with Crippen molar-refractivity contribution < 1.29 is 24.4 Å². The molecule has 0 radical (unpaired) electrons. The van der Waals surface area contributed by atoms with Crippen LogP contribution < -0.4 is 4.74 Å². The molecule has 1 aliphatic rings. The summed E-state index contributed by atoms with van der Waals surface area (Å²) in [5.41, 5.74) is 0.681.